The third kappa shape index (κ3) is 3.12. The van der Waals surface area contributed by atoms with Gasteiger partial charge in [-0.25, -0.2) is 4.79 Å². The molecule has 1 aromatic carbocycles. The molecule has 0 radical (unpaired) electrons. The molecule has 0 unspecified atom stereocenters. The molecule has 0 atom stereocenters. The molecule has 2 heterocycles. The van der Waals surface area contributed by atoms with Gasteiger partial charge in [-0.1, -0.05) is 30.3 Å². The fraction of sp³-hybridized carbons (Fsp3) is 0.562. The second kappa shape index (κ2) is 6.27. The Kier molecular flexibility index (Phi) is 4.21. The molecular formula is C16H22N2O2. The Morgan fingerprint density at radius 2 is 1.80 bits per heavy atom. The van der Waals surface area contributed by atoms with Gasteiger partial charge in [-0.2, -0.15) is 0 Å². The zero-order valence-electron chi connectivity index (χ0n) is 11.8. The Labute approximate surface area is 120 Å². The fourth-order valence-electron chi connectivity index (χ4n) is 3.11. The summed E-state index contributed by atoms with van der Waals surface area (Å²) in [5.41, 5.74) is 1.47. The molecule has 2 aliphatic rings. The maximum atomic E-state index is 11.4. The zero-order valence-corrected chi connectivity index (χ0v) is 11.8. The number of likely N-dealkylation sites (tertiary alicyclic amines) is 1. The summed E-state index contributed by atoms with van der Waals surface area (Å²) in [6.07, 6.45) is 2.28. The average Bonchev–Trinajstić information content (AvgIpc) is 2.92. The maximum absolute atomic E-state index is 11.4. The van der Waals surface area contributed by atoms with Gasteiger partial charge < -0.3 is 14.5 Å². The lowest BCUT2D eigenvalue weighted by Crippen LogP contribution is -2.39. The van der Waals surface area contributed by atoms with Crippen LogP contribution in [0, 0.1) is 0 Å². The topological polar surface area (TPSA) is 32.8 Å². The lowest BCUT2D eigenvalue weighted by molar-refractivity contribution is 0.149. The highest BCUT2D eigenvalue weighted by Crippen LogP contribution is 2.27. The Morgan fingerprint density at radius 3 is 2.45 bits per heavy atom. The Balaban J connectivity index is 1.43. The van der Waals surface area contributed by atoms with E-state index in [9.17, 15) is 4.79 Å². The van der Waals surface area contributed by atoms with E-state index in [1.807, 2.05) is 4.90 Å². The molecular weight excluding hydrogens is 252 g/mol. The van der Waals surface area contributed by atoms with Gasteiger partial charge >= 0.3 is 6.09 Å². The minimum Gasteiger partial charge on any atom is -0.448 e. The number of hydrogen-bond acceptors (Lipinski definition) is 3. The quantitative estimate of drug-likeness (QED) is 0.844. The summed E-state index contributed by atoms with van der Waals surface area (Å²) >= 11 is 0. The minimum atomic E-state index is -0.149. The lowest BCUT2D eigenvalue weighted by Gasteiger charge is -2.32. The van der Waals surface area contributed by atoms with Gasteiger partial charge in [0.25, 0.3) is 0 Å². The largest absolute Gasteiger partial charge is 0.448 e. The van der Waals surface area contributed by atoms with Crippen LogP contribution in [0.15, 0.2) is 30.3 Å². The van der Waals surface area contributed by atoms with Crippen molar-refractivity contribution >= 4 is 6.09 Å². The minimum absolute atomic E-state index is 0.149. The van der Waals surface area contributed by atoms with Gasteiger partial charge in [-0.15, -0.1) is 0 Å². The van der Waals surface area contributed by atoms with Gasteiger partial charge in [-0.05, 0) is 37.4 Å². The molecule has 1 aromatic rings. The molecule has 0 bridgehead atoms. The van der Waals surface area contributed by atoms with Gasteiger partial charge in [0.15, 0.2) is 0 Å². The number of ether oxygens (including phenoxy) is 1. The predicted molar refractivity (Wildman–Crippen MR) is 77.8 cm³/mol. The monoisotopic (exact) mass is 274 g/mol. The molecule has 20 heavy (non-hydrogen) atoms. The zero-order chi connectivity index (χ0) is 13.8. The number of benzene rings is 1. The summed E-state index contributed by atoms with van der Waals surface area (Å²) in [6, 6.07) is 10.8. The molecule has 1 amide bonds. The molecule has 2 fully saturated rings. The number of carbonyl (C=O) groups excluding carboxylic acids is 1. The van der Waals surface area contributed by atoms with Gasteiger partial charge in [0, 0.05) is 13.1 Å². The SMILES string of the molecule is O=C1OCCN1CCN1CCC(c2ccccc2)CC1. The van der Waals surface area contributed by atoms with Gasteiger partial charge in [0.05, 0.1) is 6.54 Å². The molecule has 108 valence electrons. The van der Waals surface area contributed by atoms with Crippen molar-refractivity contribution in [1.29, 1.82) is 0 Å². The van der Waals surface area contributed by atoms with Crippen LogP contribution in [0.4, 0.5) is 4.79 Å². The summed E-state index contributed by atoms with van der Waals surface area (Å²) in [5.74, 6) is 0.698. The number of piperidine rings is 1. The number of carbonyl (C=O) groups is 1. The van der Waals surface area contributed by atoms with E-state index in [2.05, 4.69) is 35.2 Å². The second-order valence-corrected chi connectivity index (χ2v) is 5.63. The van der Waals surface area contributed by atoms with E-state index in [1.54, 1.807) is 0 Å². The van der Waals surface area contributed by atoms with Crippen molar-refractivity contribution in [3.8, 4) is 0 Å². The Hall–Kier alpha value is -1.55. The van der Waals surface area contributed by atoms with Crippen LogP contribution in [0.2, 0.25) is 0 Å². The van der Waals surface area contributed by atoms with Crippen molar-refractivity contribution in [1.82, 2.24) is 9.80 Å². The Bertz CT molecular complexity index is 441. The number of hydrogen-bond donors (Lipinski definition) is 0. The predicted octanol–water partition coefficient (Wildman–Crippen LogP) is 2.32. The molecule has 4 heteroatoms. The van der Waals surface area contributed by atoms with E-state index in [0.717, 1.165) is 32.7 Å². The van der Waals surface area contributed by atoms with Crippen LogP contribution in [0.3, 0.4) is 0 Å². The average molecular weight is 274 g/mol. The number of cyclic esters (lactones) is 1. The molecule has 0 saturated carbocycles. The third-order valence-electron chi connectivity index (χ3n) is 4.39. The van der Waals surface area contributed by atoms with Crippen LogP contribution in [0.5, 0.6) is 0 Å². The molecule has 0 aliphatic carbocycles. The van der Waals surface area contributed by atoms with Crippen LogP contribution in [0.1, 0.15) is 24.3 Å². The molecule has 0 N–H and O–H groups in total. The van der Waals surface area contributed by atoms with Crippen molar-refractivity contribution < 1.29 is 9.53 Å². The standard InChI is InChI=1S/C16H22N2O2/c19-16-18(12-13-20-16)11-10-17-8-6-15(7-9-17)14-4-2-1-3-5-14/h1-5,15H,6-13H2. The maximum Gasteiger partial charge on any atom is 0.409 e. The van der Waals surface area contributed by atoms with Gasteiger partial charge in [0.1, 0.15) is 6.61 Å². The first-order chi connectivity index (χ1) is 9.83. The molecule has 0 spiro atoms. The number of amides is 1. The smallest absolute Gasteiger partial charge is 0.409 e. The highest BCUT2D eigenvalue weighted by atomic mass is 16.6. The van der Waals surface area contributed by atoms with Gasteiger partial charge in [0.2, 0.25) is 0 Å². The van der Waals surface area contributed by atoms with E-state index >= 15 is 0 Å². The first-order valence-corrected chi connectivity index (χ1v) is 7.52. The van der Waals surface area contributed by atoms with Crippen molar-refractivity contribution in [3.05, 3.63) is 35.9 Å². The number of rotatable bonds is 4. The van der Waals surface area contributed by atoms with E-state index in [0.29, 0.717) is 12.5 Å². The fourth-order valence-corrected chi connectivity index (χ4v) is 3.11. The summed E-state index contributed by atoms with van der Waals surface area (Å²) in [7, 11) is 0. The normalized spacial score (nSPS) is 21.2. The second-order valence-electron chi connectivity index (χ2n) is 5.63. The van der Waals surface area contributed by atoms with Crippen LogP contribution < -0.4 is 0 Å². The van der Waals surface area contributed by atoms with Crippen molar-refractivity contribution in [2.24, 2.45) is 0 Å². The summed E-state index contributed by atoms with van der Waals surface area (Å²) in [6.45, 7) is 5.32. The first-order valence-electron chi connectivity index (χ1n) is 7.52. The van der Waals surface area contributed by atoms with Crippen molar-refractivity contribution in [3.63, 3.8) is 0 Å². The van der Waals surface area contributed by atoms with E-state index in [-0.39, 0.29) is 6.09 Å². The summed E-state index contributed by atoms with van der Waals surface area (Å²) in [5, 5.41) is 0. The first kappa shape index (κ1) is 13.4. The number of nitrogens with zero attached hydrogens (tertiary/aromatic N) is 2. The molecule has 2 aliphatic heterocycles. The van der Waals surface area contributed by atoms with E-state index in [1.165, 1.54) is 18.4 Å². The van der Waals surface area contributed by atoms with Crippen LogP contribution in [-0.2, 0) is 4.74 Å². The van der Waals surface area contributed by atoms with E-state index < -0.39 is 0 Å². The lowest BCUT2D eigenvalue weighted by atomic mass is 9.89. The van der Waals surface area contributed by atoms with Crippen molar-refractivity contribution in [2.45, 2.75) is 18.8 Å². The molecule has 2 saturated heterocycles. The van der Waals surface area contributed by atoms with Crippen LogP contribution >= 0.6 is 0 Å². The molecule has 4 nitrogen and oxygen atoms in total. The summed E-state index contributed by atoms with van der Waals surface area (Å²) < 4.78 is 4.95. The van der Waals surface area contributed by atoms with Crippen LogP contribution in [0.25, 0.3) is 0 Å². The highest BCUT2D eigenvalue weighted by Gasteiger charge is 2.24. The van der Waals surface area contributed by atoms with Gasteiger partial charge in [-0.3, -0.25) is 0 Å². The van der Waals surface area contributed by atoms with Crippen molar-refractivity contribution in [2.75, 3.05) is 39.3 Å². The molecule has 0 aromatic heterocycles. The van der Waals surface area contributed by atoms with Crippen LogP contribution in [-0.4, -0.2) is 55.2 Å². The summed E-state index contributed by atoms with van der Waals surface area (Å²) in [4.78, 5) is 15.6. The van der Waals surface area contributed by atoms with E-state index in [4.69, 9.17) is 4.74 Å². The molecule has 3 rings (SSSR count). The highest BCUT2D eigenvalue weighted by molar-refractivity contribution is 5.69. The third-order valence-corrected chi connectivity index (χ3v) is 4.39. The Morgan fingerprint density at radius 1 is 1.05 bits per heavy atom.